The summed E-state index contributed by atoms with van der Waals surface area (Å²) in [4.78, 5) is 20.1. The van der Waals surface area contributed by atoms with Crippen LogP contribution in [-0.4, -0.2) is 23.1 Å². The molecule has 0 amide bonds. The Hall–Kier alpha value is -0.310. The van der Waals surface area contributed by atoms with Crippen molar-refractivity contribution >= 4 is 24.3 Å². The maximum atomic E-state index is 10.1. The smallest absolute Gasteiger partial charge is 0.121 e. The normalized spacial score (nSPS) is 15.5. The molecule has 0 aliphatic rings. The van der Waals surface area contributed by atoms with Crippen LogP contribution in [-0.2, 0) is 9.59 Å². The number of carbonyl (C=O) groups is 2. The SMILES string of the molecule is CC(CC=O)SC(C)CC=O. The largest absolute Gasteiger partial charge is 0.303 e. The molecule has 2 atom stereocenters. The first-order valence-electron chi connectivity index (χ1n) is 3.73. The first-order valence-corrected chi connectivity index (χ1v) is 4.67. The van der Waals surface area contributed by atoms with Gasteiger partial charge in [-0.05, 0) is 0 Å². The summed E-state index contributed by atoms with van der Waals surface area (Å²) in [6.45, 7) is 4.00. The van der Waals surface area contributed by atoms with Gasteiger partial charge in [0.15, 0.2) is 0 Å². The van der Waals surface area contributed by atoms with Gasteiger partial charge in [0.25, 0.3) is 0 Å². The molecule has 3 heteroatoms. The fourth-order valence-corrected chi connectivity index (χ4v) is 1.95. The zero-order valence-corrected chi connectivity index (χ0v) is 7.76. The average molecular weight is 174 g/mol. The Morgan fingerprint density at radius 1 is 1.09 bits per heavy atom. The maximum absolute atomic E-state index is 10.1. The Kier molecular flexibility index (Phi) is 6.22. The zero-order chi connectivity index (χ0) is 8.69. The van der Waals surface area contributed by atoms with Crippen molar-refractivity contribution in [1.29, 1.82) is 0 Å². The van der Waals surface area contributed by atoms with Gasteiger partial charge in [0.05, 0.1) is 0 Å². The van der Waals surface area contributed by atoms with E-state index in [1.165, 1.54) is 0 Å². The van der Waals surface area contributed by atoms with E-state index >= 15 is 0 Å². The number of hydrogen-bond acceptors (Lipinski definition) is 3. The van der Waals surface area contributed by atoms with E-state index in [1.807, 2.05) is 13.8 Å². The van der Waals surface area contributed by atoms with Crippen molar-refractivity contribution in [3.05, 3.63) is 0 Å². The molecule has 0 saturated carbocycles. The Labute approximate surface area is 71.7 Å². The molecule has 0 aromatic rings. The van der Waals surface area contributed by atoms with Gasteiger partial charge in [-0.3, -0.25) is 0 Å². The number of aldehydes is 2. The monoisotopic (exact) mass is 174 g/mol. The average Bonchev–Trinajstić information content (AvgIpc) is 1.87. The highest BCUT2D eigenvalue weighted by Crippen LogP contribution is 2.20. The quantitative estimate of drug-likeness (QED) is 0.574. The zero-order valence-electron chi connectivity index (χ0n) is 6.95. The summed E-state index contributed by atoms with van der Waals surface area (Å²) in [5.74, 6) is 0. The van der Waals surface area contributed by atoms with Gasteiger partial charge in [0, 0.05) is 23.3 Å². The highest BCUT2D eigenvalue weighted by atomic mass is 32.2. The highest BCUT2D eigenvalue weighted by molar-refractivity contribution is 8.00. The van der Waals surface area contributed by atoms with E-state index in [-0.39, 0.29) is 0 Å². The van der Waals surface area contributed by atoms with Crippen LogP contribution in [0.1, 0.15) is 26.7 Å². The van der Waals surface area contributed by atoms with E-state index in [2.05, 4.69) is 0 Å². The third kappa shape index (κ3) is 6.10. The van der Waals surface area contributed by atoms with Crippen LogP contribution in [0.2, 0.25) is 0 Å². The summed E-state index contributed by atoms with van der Waals surface area (Å²) in [6, 6.07) is 0. The van der Waals surface area contributed by atoms with Crippen molar-refractivity contribution in [2.75, 3.05) is 0 Å². The summed E-state index contributed by atoms with van der Waals surface area (Å²) < 4.78 is 0. The van der Waals surface area contributed by atoms with Crippen molar-refractivity contribution in [3.8, 4) is 0 Å². The van der Waals surface area contributed by atoms with Gasteiger partial charge in [-0.2, -0.15) is 11.8 Å². The van der Waals surface area contributed by atoms with Gasteiger partial charge in [0.1, 0.15) is 12.6 Å². The number of hydrogen-bond donors (Lipinski definition) is 0. The summed E-state index contributed by atoms with van der Waals surface area (Å²) in [5, 5.41) is 0.671. The fourth-order valence-electron chi connectivity index (χ4n) is 0.779. The lowest BCUT2D eigenvalue weighted by Gasteiger charge is -2.11. The van der Waals surface area contributed by atoms with Crippen LogP contribution in [0, 0.1) is 0 Å². The molecule has 0 aromatic carbocycles. The standard InChI is InChI=1S/C8H14O2S/c1-7(3-5-9)11-8(2)4-6-10/h5-8H,3-4H2,1-2H3. The minimum absolute atomic E-state index is 0.336. The predicted molar refractivity (Wildman–Crippen MR) is 47.9 cm³/mol. The Bertz CT molecular complexity index is 111. The number of rotatable bonds is 6. The van der Waals surface area contributed by atoms with Gasteiger partial charge in [-0.15, -0.1) is 0 Å². The Balaban J connectivity index is 3.46. The molecule has 0 aromatic heterocycles. The molecule has 0 bridgehead atoms. The second kappa shape index (κ2) is 6.40. The predicted octanol–water partition coefficient (Wildman–Crippen LogP) is 1.67. The Morgan fingerprint density at radius 2 is 1.45 bits per heavy atom. The van der Waals surface area contributed by atoms with E-state index < -0.39 is 0 Å². The lowest BCUT2D eigenvalue weighted by atomic mass is 10.3. The lowest BCUT2D eigenvalue weighted by Crippen LogP contribution is -2.05. The van der Waals surface area contributed by atoms with Gasteiger partial charge in [0.2, 0.25) is 0 Å². The molecule has 64 valence electrons. The molecule has 0 rings (SSSR count). The molecule has 0 N–H and O–H groups in total. The number of thioether (sulfide) groups is 1. The van der Waals surface area contributed by atoms with Gasteiger partial charge in [-0.1, -0.05) is 13.8 Å². The van der Waals surface area contributed by atoms with Gasteiger partial charge < -0.3 is 9.59 Å². The molecule has 0 spiro atoms. The van der Waals surface area contributed by atoms with Crippen molar-refractivity contribution < 1.29 is 9.59 Å². The van der Waals surface area contributed by atoms with Crippen molar-refractivity contribution in [1.82, 2.24) is 0 Å². The molecule has 0 aliphatic heterocycles. The first-order chi connectivity index (χ1) is 5.20. The third-order valence-corrected chi connectivity index (χ3v) is 2.64. The molecule has 0 aliphatic carbocycles. The highest BCUT2D eigenvalue weighted by Gasteiger charge is 2.07. The van der Waals surface area contributed by atoms with E-state index in [9.17, 15) is 9.59 Å². The summed E-state index contributed by atoms with van der Waals surface area (Å²) in [7, 11) is 0. The molecule has 2 nitrogen and oxygen atoms in total. The van der Waals surface area contributed by atoms with Crippen LogP contribution in [0.5, 0.6) is 0 Å². The maximum Gasteiger partial charge on any atom is 0.121 e. The fraction of sp³-hybridized carbons (Fsp3) is 0.750. The van der Waals surface area contributed by atoms with E-state index in [0.29, 0.717) is 23.3 Å². The first kappa shape index (κ1) is 10.7. The Morgan fingerprint density at radius 3 is 1.73 bits per heavy atom. The van der Waals surface area contributed by atoms with Crippen LogP contribution >= 0.6 is 11.8 Å². The van der Waals surface area contributed by atoms with E-state index in [4.69, 9.17) is 0 Å². The van der Waals surface area contributed by atoms with Crippen LogP contribution in [0.25, 0.3) is 0 Å². The third-order valence-electron chi connectivity index (χ3n) is 1.32. The topological polar surface area (TPSA) is 34.1 Å². The number of carbonyl (C=O) groups excluding carboxylic acids is 2. The lowest BCUT2D eigenvalue weighted by molar-refractivity contribution is -0.108. The van der Waals surface area contributed by atoms with Crippen LogP contribution in [0.3, 0.4) is 0 Å². The minimum atomic E-state index is 0.336. The van der Waals surface area contributed by atoms with E-state index in [0.717, 1.165) is 12.6 Å². The van der Waals surface area contributed by atoms with Crippen LogP contribution in [0.4, 0.5) is 0 Å². The summed E-state index contributed by atoms with van der Waals surface area (Å²) >= 11 is 1.69. The van der Waals surface area contributed by atoms with Crippen LogP contribution in [0.15, 0.2) is 0 Å². The van der Waals surface area contributed by atoms with Gasteiger partial charge >= 0.3 is 0 Å². The molecule has 0 heterocycles. The van der Waals surface area contributed by atoms with Crippen molar-refractivity contribution in [2.45, 2.75) is 37.2 Å². The molecule has 0 fully saturated rings. The van der Waals surface area contributed by atoms with Gasteiger partial charge in [-0.25, -0.2) is 0 Å². The molecule has 0 radical (unpaired) electrons. The molecule has 11 heavy (non-hydrogen) atoms. The summed E-state index contributed by atoms with van der Waals surface area (Å²) in [6.07, 6.45) is 3.00. The minimum Gasteiger partial charge on any atom is -0.303 e. The molecular formula is C8H14O2S. The summed E-state index contributed by atoms with van der Waals surface area (Å²) in [5.41, 5.74) is 0. The second-order valence-corrected chi connectivity index (χ2v) is 4.44. The van der Waals surface area contributed by atoms with Crippen molar-refractivity contribution in [2.24, 2.45) is 0 Å². The van der Waals surface area contributed by atoms with Crippen molar-refractivity contribution in [3.63, 3.8) is 0 Å². The second-order valence-electron chi connectivity index (χ2n) is 2.56. The molecular weight excluding hydrogens is 160 g/mol. The van der Waals surface area contributed by atoms with E-state index in [1.54, 1.807) is 11.8 Å². The molecule has 2 unspecified atom stereocenters. The van der Waals surface area contributed by atoms with Crippen LogP contribution < -0.4 is 0 Å². The molecule has 0 saturated heterocycles.